The van der Waals surface area contributed by atoms with Crippen LogP contribution in [0.3, 0.4) is 0 Å². The van der Waals surface area contributed by atoms with E-state index in [4.69, 9.17) is 0 Å². The third-order valence-corrected chi connectivity index (χ3v) is 6.52. The number of hydrogen-bond donors (Lipinski definition) is 2. The van der Waals surface area contributed by atoms with Gasteiger partial charge in [0.25, 0.3) is 0 Å². The Morgan fingerprint density at radius 3 is 2.63 bits per heavy atom. The van der Waals surface area contributed by atoms with Crippen LogP contribution in [0.2, 0.25) is 0 Å². The molecule has 4 heterocycles. The van der Waals surface area contributed by atoms with E-state index in [-0.39, 0.29) is 0 Å². The van der Waals surface area contributed by atoms with E-state index in [0.29, 0.717) is 0 Å². The van der Waals surface area contributed by atoms with Gasteiger partial charge in [0.2, 0.25) is 0 Å². The fraction of sp³-hybridized carbons (Fsp3) is 0.0400. The summed E-state index contributed by atoms with van der Waals surface area (Å²) in [6.45, 7) is 2.15. The van der Waals surface area contributed by atoms with Crippen molar-refractivity contribution in [3.05, 3.63) is 84.0 Å². The van der Waals surface area contributed by atoms with E-state index in [2.05, 4.69) is 87.8 Å². The number of nitrogens with zero attached hydrogens (tertiary/aromatic N) is 2. The highest BCUT2D eigenvalue weighted by atomic mass is 32.1. The molecular weight excluding hydrogens is 388 g/mol. The lowest BCUT2D eigenvalue weighted by atomic mass is 10.0. The monoisotopic (exact) mass is 406 g/mol. The summed E-state index contributed by atoms with van der Waals surface area (Å²) in [6.07, 6.45) is 3.68. The predicted molar refractivity (Wildman–Crippen MR) is 125 cm³/mol. The molecule has 0 saturated carbocycles. The molecule has 0 aliphatic heterocycles. The Morgan fingerprint density at radius 1 is 0.833 bits per heavy atom. The summed E-state index contributed by atoms with van der Waals surface area (Å²) in [4.78, 5) is 10.4. The number of thiophene rings is 1. The molecule has 144 valence electrons. The lowest BCUT2D eigenvalue weighted by Gasteiger charge is -2.01. The van der Waals surface area contributed by atoms with Crippen LogP contribution in [0.1, 0.15) is 4.88 Å². The minimum atomic E-state index is 0.931. The number of aromatic nitrogens is 4. The minimum absolute atomic E-state index is 0.931. The van der Waals surface area contributed by atoms with Crippen LogP contribution >= 0.6 is 11.3 Å². The first kappa shape index (κ1) is 17.2. The van der Waals surface area contributed by atoms with Crippen molar-refractivity contribution < 1.29 is 0 Å². The van der Waals surface area contributed by atoms with Crippen LogP contribution in [0.4, 0.5) is 0 Å². The van der Waals surface area contributed by atoms with E-state index in [0.717, 1.165) is 38.9 Å². The summed E-state index contributed by atoms with van der Waals surface area (Å²) >= 11 is 1.82. The van der Waals surface area contributed by atoms with Crippen LogP contribution < -0.4 is 0 Å². The Balaban J connectivity index is 1.52. The van der Waals surface area contributed by atoms with E-state index in [1.807, 2.05) is 23.6 Å². The molecule has 0 aliphatic rings. The maximum atomic E-state index is 4.63. The number of aromatic amines is 2. The fourth-order valence-corrected chi connectivity index (χ4v) is 4.92. The second-order valence-corrected chi connectivity index (χ2v) is 8.72. The summed E-state index contributed by atoms with van der Waals surface area (Å²) in [5, 5.41) is 10.1. The van der Waals surface area contributed by atoms with Gasteiger partial charge < -0.3 is 4.98 Å². The first-order chi connectivity index (χ1) is 14.8. The molecule has 0 atom stereocenters. The predicted octanol–water partition coefficient (Wildman–Crippen LogP) is 6.81. The van der Waals surface area contributed by atoms with Gasteiger partial charge in [0.05, 0.1) is 11.2 Å². The number of benzene rings is 2. The Labute approximate surface area is 177 Å². The van der Waals surface area contributed by atoms with Gasteiger partial charge in [-0.05, 0) is 55.0 Å². The van der Waals surface area contributed by atoms with Crippen LogP contribution in [0, 0.1) is 6.92 Å². The van der Waals surface area contributed by atoms with Crippen molar-refractivity contribution in [2.45, 2.75) is 6.92 Å². The van der Waals surface area contributed by atoms with Crippen molar-refractivity contribution in [3.8, 4) is 33.0 Å². The van der Waals surface area contributed by atoms with Gasteiger partial charge in [0.15, 0.2) is 0 Å². The third kappa shape index (κ3) is 2.75. The molecule has 0 aliphatic carbocycles. The van der Waals surface area contributed by atoms with E-state index in [1.165, 1.54) is 20.7 Å². The minimum Gasteiger partial charge on any atom is -0.353 e. The van der Waals surface area contributed by atoms with Gasteiger partial charge >= 0.3 is 0 Å². The Hall–Kier alpha value is -3.70. The quantitative estimate of drug-likeness (QED) is 0.339. The molecule has 0 amide bonds. The number of pyridine rings is 1. The topological polar surface area (TPSA) is 57.4 Å². The molecule has 0 saturated heterocycles. The molecule has 6 aromatic rings. The standard InChI is InChI=1S/C25H18N4S/c1-15-7-10-24(30-15)18-5-2-6-21-19(18)13-23(27-21)25-20-12-16(8-9-22(20)28-29-25)17-4-3-11-26-14-17/h2-14,27H,1H3,(H,28,29). The molecule has 4 nitrogen and oxygen atoms in total. The molecule has 0 radical (unpaired) electrons. The van der Waals surface area contributed by atoms with Gasteiger partial charge in [-0.2, -0.15) is 5.10 Å². The van der Waals surface area contributed by atoms with Crippen molar-refractivity contribution in [2.24, 2.45) is 0 Å². The Kier molecular flexibility index (Phi) is 3.82. The summed E-state index contributed by atoms with van der Waals surface area (Å²) in [5.41, 5.74) is 7.56. The van der Waals surface area contributed by atoms with Gasteiger partial charge in [-0.3, -0.25) is 10.1 Å². The third-order valence-electron chi connectivity index (χ3n) is 5.48. The Bertz CT molecular complexity index is 1500. The average molecular weight is 407 g/mol. The molecule has 0 spiro atoms. The summed E-state index contributed by atoms with van der Waals surface area (Å²) in [5.74, 6) is 0. The molecular formula is C25H18N4S. The van der Waals surface area contributed by atoms with E-state index < -0.39 is 0 Å². The Morgan fingerprint density at radius 2 is 1.80 bits per heavy atom. The highest BCUT2D eigenvalue weighted by molar-refractivity contribution is 7.15. The van der Waals surface area contributed by atoms with Crippen molar-refractivity contribution >= 4 is 33.1 Å². The van der Waals surface area contributed by atoms with Crippen LogP contribution in [0.25, 0.3) is 54.8 Å². The SMILES string of the molecule is Cc1ccc(-c2cccc3[nH]c(-c4n[nH]c5ccc(-c6cccnc6)cc45)cc23)s1. The molecule has 6 rings (SSSR count). The molecule has 0 unspecified atom stereocenters. The number of fused-ring (bicyclic) bond motifs is 2. The normalized spacial score (nSPS) is 11.5. The lowest BCUT2D eigenvalue weighted by molar-refractivity contribution is 1.12. The van der Waals surface area contributed by atoms with Crippen LogP contribution in [-0.2, 0) is 0 Å². The highest BCUT2D eigenvalue weighted by Crippen LogP contribution is 2.37. The highest BCUT2D eigenvalue weighted by Gasteiger charge is 2.14. The summed E-state index contributed by atoms with van der Waals surface area (Å²) in [7, 11) is 0. The van der Waals surface area contributed by atoms with Crippen molar-refractivity contribution in [2.75, 3.05) is 0 Å². The smallest absolute Gasteiger partial charge is 0.116 e. The molecule has 2 aromatic carbocycles. The van der Waals surface area contributed by atoms with Gasteiger partial charge in [-0.15, -0.1) is 11.3 Å². The second kappa shape index (κ2) is 6.68. The summed E-state index contributed by atoms with van der Waals surface area (Å²) in [6, 6.07) is 23.4. The van der Waals surface area contributed by atoms with Crippen molar-refractivity contribution in [1.29, 1.82) is 0 Å². The zero-order valence-electron chi connectivity index (χ0n) is 16.3. The molecule has 30 heavy (non-hydrogen) atoms. The summed E-state index contributed by atoms with van der Waals surface area (Å²) < 4.78 is 0. The number of hydrogen-bond acceptors (Lipinski definition) is 3. The van der Waals surface area contributed by atoms with Crippen LogP contribution in [0.5, 0.6) is 0 Å². The van der Waals surface area contributed by atoms with Gasteiger partial charge in [0, 0.05) is 49.6 Å². The average Bonchev–Trinajstić information content (AvgIpc) is 3.51. The van der Waals surface area contributed by atoms with Crippen molar-refractivity contribution in [1.82, 2.24) is 20.2 Å². The zero-order chi connectivity index (χ0) is 20.1. The van der Waals surface area contributed by atoms with E-state index in [1.54, 1.807) is 6.20 Å². The second-order valence-electron chi connectivity index (χ2n) is 7.43. The zero-order valence-corrected chi connectivity index (χ0v) is 17.1. The molecule has 2 N–H and O–H groups in total. The van der Waals surface area contributed by atoms with Gasteiger partial charge in [-0.25, -0.2) is 0 Å². The number of aryl methyl sites for hydroxylation is 1. The maximum Gasteiger partial charge on any atom is 0.116 e. The first-order valence-corrected chi connectivity index (χ1v) is 10.7. The van der Waals surface area contributed by atoms with Crippen molar-refractivity contribution in [3.63, 3.8) is 0 Å². The molecule has 0 fully saturated rings. The van der Waals surface area contributed by atoms with Crippen LogP contribution in [-0.4, -0.2) is 20.2 Å². The molecule has 5 heteroatoms. The van der Waals surface area contributed by atoms with E-state index in [9.17, 15) is 0 Å². The maximum absolute atomic E-state index is 4.63. The largest absolute Gasteiger partial charge is 0.353 e. The van der Waals surface area contributed by atoms with Gasteiger partial charge in [-0.1, -0.05) is 24.3 Å². The van der Waals surface area contributed by atoms with E-state index >= 15 is 0 Å². The lowest BCUT2D eigenvalue weighted by Crippen LogP contribution is -1.81. The number of nitrogens with one attached hydrogen (secondary N) is 2. The molecule has 0 bridgehead atoms. The molecule has 4 aromatic heterocycles. The van der Waals surface area contributed by atoms with Crippen LogP contribution in [0.15, 0.2) is 79.1 Å². The number of H-pyrrole nitrogens is 2. The van der Waals surface area contributed by atoms with Gasteiger partial charge in [0.1, 0.15) is 5.69 Å². The fourth-order valence-electron chi connectivity index (χ4n) is 4.01. The first-order valence-electron chi connectivity index (χ1n) is 9.84. The number of rotatable bonds is 3.